The number of hydrogen-bond acceptors (Lipinski definition) is 3. The van der Waals surface area contributed by atoms with E-state index in [4.69, 9.17) is 11.5 Å². The quantitative estimate of drug-likeness (QED) is 0.665. The van der Waals surface area contributed by atoms with E-state index in [2.05, 4.69) is 4.74 Å². The minimum Gasteiger partial charge on any atom is -0.426 e. The molecule has 0 aliphatic heterocycles. The van der Waals surface area contributed by atoms with Gasteiger partial charge in [-0.25, -0.2) is 0 Å². The maximum absolute atomic E-state index is 12.6. The standard InChI is InChI=1S/C9H10F4N2O.2ClH/c1-4-2-5(14)3-6(15)7(4)16-9(12,13)8(10)11;;/h2-3,8H,14-15H2,1H3;2*1H. The van der Waals surface area contributed by atoms with Crippen molar-refractivity contribution >= 4 is 36.2 Å². The van der Waals surface area contributed by atoms with Crippen molar-refractivity contribution in [1.82, 2.24) is 0 Å². The third-order valence-electron chi connectivity index (χ3n) is 1.82. The van der Waals surface area contributed by atoms with Crippen LogP contribution in [0.4, 0.5) is 28.9 Å². The molecule has 0 aliphatic carbocycles. The van der Waals surface area contributed by atoms with E-state index in [0.29, 0.717) is 0 Å². The fourth-order valence-electron chi connectivity index (χ4n) is 1.15. The molecule has 0 saturated carbocycles. The van der Waals surface area contributed by atoms with Gasteiger partial charge in [-0.1, -0.05) is 0 Å². The summed E-state index contributed by atoms with van der Waals surface area (Å²) in [4.78, 5) is 0. The van der Waals surface area contributed by atoms with Crippen LogP contribution in [-0.4, -0.2) is 12.5 Å². The molecule has 0 spiro atoms. The molecule has 0 fully saturated rings. The first-order valence-electron chi connectivity index (χ1n) is 4.24. The summed E-state index contributed by atoms with van der Waals surface area (Å²) in [6.45, 7) is 1.38. The molecule has 0 saturated heterocycles. The first kappa shape index (κ1) is 19.3. The summed E-state index contributed by atoms with van der Waals surface area (Å²) in [5, 5.41) is 0. The topological polar surface area (TPSA) is 61.3 Å². The van der Waals surface area contributed by atoms with Gasteiger partial charge in [-0.3, -0.25) is 0 Å². The SMILES string of the molecule is Cc1cc(N)cc(N)c1OC(F)(F)C(F)F.Cl.Cl. The molecule has 0 atom stereocenters. The summed E-state index contributed by atoms with van der Waals surface area (Å²) < 4.78 is 53.0. The Morgan fingerprint density at radius 2 is 1.67 bits per heavy atom. The van der Waals surface area contributed by atoms with Crippen LogP contribution in [-0.2, 0) is 0 Å². The molecule has 0 aromatic heterocycles. The van der Waals surface area contributed by atoms with Gasteiger partial charge in [0.2, 0.25) is 0 Å². The number of alkyl halides is 4. The molecule has 0 aliphatic rings. The molecule has 0 amide bonds. The van der Waals surface area contributed by atoms with Gasteiger partial charge in [-0.15, -0.1) is 24.8 Å². The Hall–Kier alpha value is -1.08. The number of nitrogens with two attached hydrogens (primary N) is 2. The molecule has 1 rings (SSSR count). The van der Waals surface area contributed by atoms with Crippen molar-refractivity contribution in [3.63, 3.8) is 0 Å². The summed E-state index contributed by atoms with van der Waals surface area (Å²) in [5.74, 6) is -0.487. The first-order valence-corrected chi connectivity index (χ1v) is 4.24. The van der Waals surface area contributed by atoms with Crippen molar-refractivity contribution in [2.24, 2.45) is 0 Å². The second-order valence-corrected chi connectivity index (χ2v) is 3.22. The Kier molecular flexibility index (Phi) is 7.22. The molecule has 106 valence electrons. The Labute approximate surface area is 113 Å². The number of hydrogen-bond donors (Lipinski definition) is 2. The number of benzene rings is 1. The van der Waals surface area contributed by atoms with E-state index in [1.807, 2.05) is 0 Å². The average Bonchev–Trinajstić information content (AvgIpc) is 2.11. The molecule has 0 unspecified atom stereocenters. The molecule has 18 heavy (non-hydrogen) atoms. The van der Waals surface area contributed by atoms with E-state index in [-0.39, 0.29) is 41.8 Å². The van der Waals surface area contributed by atoms with Crippen LogP contribution in [0.15, 0.2) is 12.1 Å². The van der Waals surface area contributed by atoms with Crippen LogP contribution in [0, 0.1) is 6.92 Å². The maximum Gasteiger partial charge on any atom is 0.461 e. The van der Waals surface area contributed by atoms with Crippen molar-refractivity contribution in [2.45, 2.75) is 19.5 Å². The fraction of sp³-hybridized carbons (Fsp3) is 0.333. The highest BCUT2D eigenvalue weighted by atomic mass is 35.5. The summed E-state index contributed by atoms with van der Waals surface area (Å²) >= 11 is 0. The van der Waals surface area contributed by atoms with Crippen LogP contribution >= 0.6 is 24.8 Å². The molecule has 9 heteroatoms. The normalized spacial score (nSPS) is 10.6. The number of anilines is 2. The fourth-order valence-corrected chi connectivity index (χ4v) is 1.15. The largest absolute Gasteiger partial charge is 0.461 e. The monoisotopic (exact) mass is 310 g/mol. The minimum absolute atomic E-state index is 0. The molecule has 0 heterocycles. The van der Waals surface area contributed by atoms with Crippen LogP contribution < -0.4 is 16.2 Å². The molecular formula is C9H12Cl2F4N2O. The van der Waals surface area contributed by atoms with Crippen molar-refractivity contribution in [1.29, 1.82) is 0 Å². The molecule has 1 aromatic rings. The Balaban J connectivity index is 0. The number of rotatable bonds is 3. The van der Waals surface area contributed by atoms with Crippen molar-refractivity contribution < 1.29 is 22.3 Å². The van der Waals surface area contributed by atoms with Gasteiger partial charge in [-0.2, -0.15) is 17.6 Å². The van der Waals surface area contributed by atoms with Crippen LogP contribution in [0.2, 0.25) is 0 Å². The van der Waals surface area contributed by atoms with E-state index in [1.54, 1.807) is 0 Å². The average molecular weight is 311 g/mol. The van der Waals surface area contributed by atoms with Crippen LogP contribution in [0.5, 0.6) is 5.75 Å². The van der Waals surface area contributed by atoms with Crippen molar-refractivity contribution in [2.75, 3.05) is 11.5 Å². The highest BCUT2D eigenvalue weighted by Crippen LogP contribution is 2.35. The van der Waals surface area contributed by atoms with E-state index >= 15 is 0 Å². The van der Waals surface area contributed by atoms with Gasteiger partial charge in [0, 0.05) is 5.69 Å². The molecule has 0 radical (unpaired) electrons. The Bertz CT molecular complexity index is 381. The molecular weight excluding hydrogens is 299 g/mol. The molecule has 0 bridgehead atoms. The molecule has 3 nitrogen and oxygen atoms in total. The zero-order valence-electron chi connectivity index (χ0n) is 9.12. The van der Waals surface area contributed by atoms with E-state index < -0.39 is 18.3 Å². The predicted molar refractivity (Wildman–Crippen MR) is 66.1 cm³/mol. The second-order valence-electron chi connectivity index (χ2n) is 3.22. The summed E-state index contributed by atoms with van der Waals surface area (Å²) in [5.41, 5.74) is 10.9. The smallest absolute Gasteiger partial charge is 0.426 e. The third kappa shape index (κ3) is 4.30. The van der Waals surface area contributed by atoms with Crippen LogP contribution in [0.25, 0.3) is 0 Å². The first-order chi connectivity index (χ1) is 7.24. The van der Waals surface area contributed by atoms with Gasteiger partial charge in [0.05, 0.1) is 5.69 Å². The lowest BCUT2D eigenvalue weighted by Gasteiger charge is -2.19. The maximum atomic E-state index is 12.6. The van der Waals surface area contributed by atoms with Crippen molar-refractivity contribution in [3.05, 3.63) is 17.7 Å². The van der Waals surface area contributed by atoms with Crippen molar-refractivity contribution in [3.8, 4) is 5.75 Å². The Morgan fingerprint density at radius 3 is 2.06 bits per heavy atom. The number of ether oxygens (including phenoxy) is 1. The van der Waals surface area contributed by atoms with Gasteiger partial charge in [0.25, 0.3) is 0 Å². The van der Waals surface area contributed by atoms with E-state index in [9.17, 15) is 17.6 Å². The van der Waals surface area contributed by atoms with Crippen LogP contribution in [0.3, 0.4) is 0 Å². The molecule has 4 N–H and O–H groups in total. The zero-order valence-corrected chi connectivity index (χ0v) is 10.8. The molecule has 1 aromatic carbocycles. The van der Waals surface area contributed by atoms with E-state index in [0.717, 1.165) is 6.07 Å². The zero-order chi connectivity index (χ0) is 12.5. The summed E-state index contributed by atoms with van der Waals surface area (Å²) in [6.07, 6.45) is -8.50. The second kappa shape index (κ2) is 6.75. The lowest BCUT2D eigenvalue weighted by molar-refractivity contribution is -0.253. The van der Waals surface area contributed by atoms with Crippen LogP contribution in [0.1, 0.15) is 5.56 Å². The van der Waals surface area contributed by atoms with E-state index in [1.165, 1.54) is 13.0 Å². The summed E-state index contributed by atoms with van der Waals surface area (Å²) in [7, 11) is 0. The van der Waals surface area contributed by atoms with Gasteiger partial charge in [-0.05, 0) is 24.6 Å². The lowest BCUT2D eigenvalue weighted by Crippen LogP contribution is -2.34. The number of aryl methyl sites for hydroxylation is 1. The highest BCUT2D eigenvalue weighted by Gasteiger charge is 2.44. The third-order valence-corrected chi connectivity index (χ3v) is 1.82. The van der Waals surface area contributed by atoms with Gasteiger partial charge >= 0.3 is 12.5 Å². The van der Waals surface area contributed by atoms with Gasteiger partial charge in [0.15, 0.2) is 5.75 Å². The Morgan fingerprint density at radius 1 is 1.17 bits per heavy atom. The van der Waals surface area contributed by atoms with Gasteiger partial charge < -0.3 is 16.2 Å². The lowest BCUT2D eigenvalue weighted by atomic mass is 10.1. The number of nitrogen functional groups attached to an aromatic ring is 2. The minimum atomic E-state index is -4.57. The predicted octanol–water partition coefficient (Wildman–Crippen LogP) is 3.24. The summed E-state index contributed by atoms with van der Waals surface area (Å²) in [6, 6.07) is 2.46. The van der Waals surface area contributed by atoms with Gasteiger partial charge in [0.1, 0.15) is 0 Å². The number of halogens is 6. The highest BCUT2D eigenvalue weighted by molar-refractivity contribution is 5.85.